The first-order valence-corrected chi connectivity index (χ1v) is 3.61. The van der Waals surface area contributed by atoms with Crippen molar-refractivity contribution in [3.8, 4) is 0 Å². The zero-order chi connectivity index (χ0) is 8.27. The third-order valence-corrected chi connectivity index (χ3v) is 1.26. The molecule has 0 aromatic carbocycles. The van der Waals surface area contributed by atoms with Crippen LogP contribution in [-0.2, 0) is 6.42 Å². The highest BCUT2D eigenvalue weighted by atomic mass is 16.7. The van der Waals surface area contributed by atoms with Crippen LogP contribution in [0.4, 0.5) is 0 Å². The third kappa shape index (κ3) is 1.94. The van der Waals surface area contributed by atoms with Crippen molar-refractivity contribution in [2.24, 2.45) is 0 Å². The molecule has 1 atom stereocenters. The van der Waals surface area contributed by atoms with Gasteiger partial charge in [-0.25, -0.2) is 4.98 Å². The Balaban J connectivity index is 2.68. The van der Waals surface area contributed by atoms with E-state index >= 15 is 0 Å². The Bertz CT molecular complexity index is 220. The Labute approximate surface area is 65.4 Å². The quantitative estimate of drug-likeness (QED) is 0.636. The van der Waals surface area contributed by atoms with Crippen molar-refractivity contribution < 1.29 is 9.94 Å². The number of aliphatic hydroxyl groups excluding tert-OH is 1. The second-order valence-electron chi connectivity index (χ2n) is 2.23. The van der Waals surface area contributed by atoms with Gasteiger partial charge in [-0.3, -0.25) is 0 Å². The molecule has 0 spiro atoms. The topological polar surface area (TPSA) is 47.3 Å². The van der Waals surface area contributed by atoms with Crippen molar-refractivity contribution in [3.05, 3.63) is 18.2 Å². The van der Waals surface area contributed by atoms with Crippen LogP contribution >= 0.6 is 0 Å². The smallest absolute Gasteiger partial charge is 0.219 e. The number of rotatable bonds is 3. The van der Waals surface area contributed by atoms with Gasteiger partial charge in [-0.05, 0) is 0 Å². The summed E-state index contributed by atoms with van der Waals surface area (Å²) < 4.78 is 1.48. The lowest BCUT2D eigenvalue weighted by atomic mass is 10.5. The minimum atomic E-state index is -0.797. The SMILES string of the molecule is CCc1nccn1OC(C)O. The van der Waals surface area contributed by atoms with E-state index < -0.39 is 6.29 Å². The fourth-order valence-electron chi connectivity index (χ4n) is 0.830. The molecule has 0 bridgehead atoms. The van der Waals surface area contributed by atoms with Gasteiger partial charge < -0.3 is 9.94 Å². The number of aliphatic hydroxyl groups is 1. The van der Waals surface area contributed by atoms with Gasteiger partial charge in [0.05, 0.1) is 6.20 Å². The first-order valence-electron chi connectivity index (χ1n) is 3.61. The molecule has 1 N–H and O–H groups in total. The van der Waals surface area contributed by atoms with Crippen LogP contribution in [0.5, 0.6) is 0 Å². The molecule has 0 fully saturated rings. The standard InChI is InChI=1S/C7H12N2O2/c1-3-7-8-4-5-9(7)11-6(2)10/h4-6,10H,3H2,1-2H3. The minimum absolute atomic E-state index is 0.791. The minimum Gasteiger partial charge on any atom is -0.381 e. The van der Waals surface area contributed by atoms with E-state index in [0.717, 1.165) is 12.2 Å². The lowest BCUT2D eigenvalue weighted by Crippen LogP contribution is -2.22. The van der Waals surface area contributed by atoms with Gasteiger partial charge in [-0.2, -0.15) is 4.73 Å². The van der Waals surface area contributed by atoms with Crippen LogP contribution in [0.1, 0.15) is 19.7 Å². The first kappa shape index (κ1) is 8.07. The summed E-state index contributed by atoms with van der Waals surface area (Å²) in [4.78, 5) is 9.00. The summed E-state index contributed by atoms with van der Waals surface area (Å²) in [6.07, 6.45) is 3.31. The molecule has 0 radical (unpaired) electrons. The molecule has 0 amide bonds. The molecule has 1 aromatic rings. The zero-order valence-electron chi connectivity index (χ0n) is 6.69. The number of imidazole rings is 1. The van der Waals surface area contributed by atoms with Crippen molar-refractivity contribution in [3.63, 3.8) is 0 Å². The van der Waals surface area contributed by atoms with E-state index in [0.29, 0.717) is 0 Å². The second kappa shape index (κ2) is 3.39. The molecular weight excluding hydrogens is 144 g/mol. The van der Waals surface area contributed by atoms with Crippen LogP contribution in [0.2, 0.25) is 0 Å². The highest BCUT2D eigenvalue weighted by Crippen LogP contribution is 1.95. The van der Waals surface area contributed by atoms with E-state index in [1.807, 2.05) is 6.92 Å². The molecule has 4 nitrogen and oxygen atoms in total. The second-order valence-corrected chi connectivity index (χ2v) is 2.23. The predicted octanol–water partition coefficient (Wildman–Crippen LogP) is 0.212. The molecule has 11 heavy (non-hydrogen) atoms. The summed E-state index contributed by atoms with van der Waals surface area (Å²) in [5, 5.41) is 8.87. The summed E-state index contributed by atoms with van der Waals surface area (Å²) >= 11 is 0. The molecule has 1 rings (SSSR count). The van der Waals surface area contributed by atoms with Gasteiger partial charge in [-0.15, -0.1) is 0 Å². The van der Waals surface area contributed by atoms with Crippen LogP contribution < -0.4 is 4.84 Å². The van der Waals surface area contributed by atoms with Crippen molar-refractivity contribution in [1.29, 1.82) is 0 Å². The van der Waals surface area contributed by atoms with E-state index in [-0.39, 0.29) is 0 Å². The third-order valence-electron chi connectivity index (χ3n) is 1.26. The monoisotopic (exact) mass is 156 g/mol. The molecule has 0 saturated heterocycles. The number of aryl methyl sites for hydroxylation is 1. The summed E-state index contributed by atoms with van der Waals surface area (Å²) in [5.41, 5.74) is 0. The highest BCUT2D eigenvalue weighted by molar-refractivity contribution is 4.88. The van der Waals surface area contributed by atoms with Crippen LogP contribution in [0.15, 0.2) is 12.4 Å². The first-order chi connectivity index (χ1) is 5.24. The maximum absolute atomic E-state index is 8.87. The van der Waals surface area contributed by atoms with Gasteiger partial charge in [0.1, 0.15) is 5.82 Å². The number of aromatic nitrogens is 2. The lowest BCUT2D eigenvalue weighted by molar-refractivity contribution is -0.0932. The molecule has 62 valence electrons. The molecule has 0 saturated carbocycles. The van der Waals surface area contributed by atoms with Crippen LogP contribution in [0, 0.1) is 0 Å². The Morgan fingerprint density at radius 3 is 3.09 bits per heavy atom. The van der Waals surface area contributed by atoms with Gasteiger partial charge in [0, 0.05) is 19.5 Å². The Morgan fingerprint density at radius 1 is 1.82 bits per heavy atom. The van der Waals surface area contributed by atoms with E-state index in [4.69, 9.17) is 9.94 Å². The summed E-state index contributed by atoms with van der Waals surface area (Å²) in [6.45, 7) is 3.53. The maximum atomic E-state index is 8.87. The highest BCUT2D eigenvalue weighted by Gasteiger charge is 2.02. The molecule has 0 aliphatic rings. The fourth-order valence-corrected chi connectivity index (χ4v) is 0.830. The molecule has 0 aliphatic carbocycles. The van der Waals surface area contributed by atoms with Gasteiger partial charge in [0.25, 0.3) is 0 Å². The normalized spacial score (nSPS) is 13.0. The number of hydrogen-bond acceptors (Lipinski definition) is 3. The zero-order valence-corrected chi connectivity index (χ0v) is 6.69. The molecule has 4 heteroatoms. The van der Waals surface area contributed by atoms with Crippen molar-refractivity contribution >= 4 is 0 Å². The van der Waals surface area contributed by atoms with Gasteiger partial charge in [0.15, 0.2) is 0 Å². The molecule has 0 aliphatic heterocycles. The molecule has 1 aromatic heterocycles. The van der Waals surface area contributed by atoms with Crippen molar-refractivity contribution in [2.45, 2.75) is 26.6 Å². The Morgan fingerprint density at radius 2 is 2.55 bits per heavy atom. The van der Waals surface area contributed by atoms with Crippen LogP contribution in [-0.4, -0.2) is 21.1 Å². The number of nitrogens with zero attached hydrogens (tertiary/aromatic N) is 2. The van der Waals surface area contributed by atoms with Gasteiger partial charge in [-0.1, -0.05) is 6.92 Å². The average molecular weight is 156 g/mol. The van der Waals surface area contributed by atoms with Gasteiger partial charge in [0.2, 0.25) is 6.29 Å². The summed E-state index contributed by atoms with van der Waals surface area (Å²) in [7, 11) is 0. The van der Waals surface area contributed by atoms with E-state index in [1.165, 1.54) is 4.73 Å². The van der Waals surface area contributed by atoms with Crippen molar-refractivity contribution in [1.82, 2.24) is 9.71 Å². The Kier molecular flexibility index (Phi) is 2.48. The predicted molar refractivity (Wildman–Crippen MR) is 39.9 cm³/mol. The number of hydrogen-bond donors (Lipinski definition) is 1. The van der Waals surface area contributed by atoms with E-state index in [2.05, 4.69) is 4.98 Å². The van der Waals surface area contributed by atoms with Crippen molar-refractivity contribution in [2.75, 3.05) is 0 Å². The summed E-state index contributed by atoms with van der Waals surface area (Å²) in [5.74, 6) is 0.811. The van der Waals surface area contributed by atoms with E-state index in [1.54, 1.807) is 19.3 Å². The largest absolute Gasteiger partial charge is 0.381 e. The average Bonchev–Trinajstić information content (AvgIpc) is 2.34. The molecule has 1 heterocycles. The molecule has 1 unspecified atom stereocenters. The lowest BCUT2D eigenvalue weighted by Gasteiger charge is -2.10. The molecular formula is C7H12N2O2. The van der Waals surface area contributed by atoms with Gasteiger partial charge >= 0.3 is 0 Å². The van der Waals surface area contributed by atoms with Crippen LogP contribution in [0.25, 0.3) is 0 Å². The van der Waals surface area contributed by atoms with E-state index in [9.17, 15) is 0 Å². The summed E-state index contributed by atoms with van der Waals surface area (Å²) in [6, 6.07) is 0. The van der Waals surface area contributed by atoms with Crippen LogP contribution in [0.3, 0.4) is 0 Å². The fraction of sp³-hybridized carbons (Fsp3) is 0.571. The maximum Gasteiger partial charge on any atom is 0.219 e. The Hall–Kier alpha value is -1.03.